The third kappa shape index (κ3) is 3.59. The third-order valence-electron chi connectivity index (χ3n) is 3.11. The zero-order valence-electron chi connectivity index (χ0n) is 12.7. The molecule has 9 nitrogen and oxygen atoms in total. The van der Waals surface area contributed by atoms with Gasteiger partial charge in [0.15, 0.2) is 5.82 Å². The van der Waals surface area contributed by atoms with Gasteiger partial charge in [0, 0.05) is 17.8 Å². The SMILES string of the molecule is COc1cc([N+](=O)[O-])ccc1S(=O)(=O)Nc1cc(C(C)C)[nH]n1. The molecule has 2 aromatic rings. The smallest absolute Gasteiger partial charge is 0.273 e. The summed E-state index contributed by atoms with van der Waals surface area (Å²) in [5.74, 6) is 0.176. The van der Waals surface area contributed by atoms with Gasteiger partial charge in [-0.2, -0.15) is 5.10 Å². The van der Waals surface area contributed by atoms with Crippen molar-refractivity contribution in [2.75, 3.05) is 11.8 Å². The van der Waals surface area contributed by atoms with E-state index in [0.29, 0.717) is 0 Å². The van der Waals surface area contributed by atoms with E-state index in [-0.39, 0.29) is 28.1 Å². The van der Waals surface area contributed by atoms with Crippen LogP contribution in [-0.4, -0.2) is 30.6 Å². The Labute approximate surface area is 132 Å². The van der Waals surface area contributed by atoms with E-state index >= 15 is 0 Å². The van der Waals surface area contributed by atoms with Crippen molar-refractivity contribution in [3.05, 3.63) is 40.1 Å². The molecule has 0 fully saturated rings. The monoisotopic (exact) mass is 340 g/mol. The number of aromatic amines is 1. The molecule has 1 heterocycles. The van der Waals surface area contributed by atoms with Crippen LogP contribution in [0.5, 0.6) is 5.75 Å². The van der Waals surface area contributed by atoms with Gasteiger partial charge in [-0.25, -0.2) is 8.42 Å². The Morgan fingerprint density at radius 3 is 2.57 bits per heavy atom. The minimum absolute atomic E-state index is 0.119. The third-order valence-corrected chi connectivity index (χ3v) is 4.50. The molecule has 0 aliphatic rings. The van der Waals surface area contributed by atoms with E-state index in [1.165, 1.54) is 7.11 Å². The number of nitrogens with one attached hydrogen (secondary N) is 2. The Bertz CT molecular complexity index is 829. The topological polar surface area (TPSA) is 127 Å². The standard InChI is InChI=1S/C13H16N4O5S/c1-8(2)10-7-13(15-14-10)16-23(20,21)12-5-4-9(17(18)19)6-11(12)22-3/h4-8H,1-3H3,(H2,14,15,16). The van der Waals surface area contributed by atoms with Gasteiger partial charge in [-0.05, 0) is 12.0 Å². The van der Waals surface area contributed by atoms with E-state index in [1.807, 2.05) is 13.8 Å². The van der Waals surface area contributed by atoms with Gasteiger partial charge in [-0.3, -0.25) is 19.9 Å². The lowest BCUT2D eigenvalue weighted by Crippen LogP contribution is -2.14. The normalized spacial score (nSPS) is 11.5. The molecule has 0 bridgehead atoms. The second-order valence-electron chi connectivity index (χ2n) is 5.06. The first kappa shape index (κ1) is 16.7. The van der Waals surface area contributed by atoms with Crippen molar-refractivity contribution in [2.24, 2.45) is 0 Å². The maximum Gasteiger partial charge on any atom is 0.273 e. The first-order valence-electron chi connectivity index (χ1n) is 6.65. The maximum atomic E-state index is 12.4. The zero-order chi connectivity index (χ0) is 17.2. The van der Waals surface area contributed by atoms with Gasteiger partial charge >= 0.3 is 0 Å². The minimum Gasteiger partial charge on any atom is -0.495 e. The molecule has 0 radical (unpaired) electrons. The number of benzene rings is 1. The Hall–Kier alpha value is -2.62. The highest BCUT2D eigenvalue weighted by atomic mass is 32.2. The Kier molecular flexibility index (Phi) is 4.55. The van der Waals surface area contributed by atoms with E-state index < -0.39 is 14.9 Å². The van der Waals surface area contributed by atoms with E-state index in [1.54, 1.807) is 6.07 Å². The van der Waals surface area contributed by atoms with Crippen molar-refractivity contribution in [3.63, 3.8) is 0 Å². The Morgan fingerprint density at radius 2 is 2.04 bits per heavy atom. The quantitative estimate of drug-likeness (QED) is 0.613. The number of anilines is 1. The van der Waals surface area contributed by atoms with Gasteiger partial charge in [0.2, 0.25) is 0 Å². The lowest BCUT2D eigenvalue weighted by molar-refractivity contribution is -0.385. The number of nitro benzene ring substituents is 1. The van der Waals surface area contributed by atoms with Crippen molar-refractivity contribution in [1.82, 2.24) is 10.2 Å². The number of hydrogen-bond acceptors (Lipinski definition) is 6. The molecule has 1 aromatic carbocycles. The molecule has 0 unspecified atom stereocenters. The average Bonchev–Trinajstić information content (AvgIpc) is 2.94. The number of ether oxygens (including phenoxy) is 1. The van der Waals surface area contributed by atoms with Crippen LogP contribution in [0.3, 0.4) is 0 Å². The molecule has 23 heavy (non-hydrogen) atoms. The van der Waals surface area contributed by atoms with Crippen molar-refractivity contribution in [2.45, 2.75) is 24.7 Å². The molecule has 10 heteroatoms. The summed E-state index contributed by atoms with van der Waals surface area (Å²) in [6.07, 6.45) is 0. The molecular weight excluding hydrogens is 324 g/mol. The van der Waals surface area contributed by atoms with E-state index in [4.69, 9.17) is 4.74 Å². The number of nitrogens with zero attached hydrogens (tertiary/aromatic N) is 2. The average molecular weight is 340 g/mol. The number of non-ortho nitro benzene ring substituents is 1. The van der Waals surface area contributed by atoms with Crippen LogP contribution in [0.4, 0.5) is 11.5 Å². The number of nitro groups is 1. The fourth-order valence-electron chi connectivity index (χ4n) is 1.87. The molecule has 2 N–H and O–H groups in total. The molecular formula is C13H16N4O5S. The molecule has 0 aliphatic carbocycles. The highest BCUT2D eigenvalue weighted by Crippen LogP contribution is 2.29. The lowest BCUT2D eigenvalue weighted by Gasteiger charge is -2.09. The molecule has 0 saturated carbocycles. The number of sulfonamides is 1. The maximum absolute atomic E-state index is 12.4. The van der Waals surface area contributed by atoms with Crippen LogP contribution in [0, 0.1) is 10.1 Å². The van der Waals surface area contributed by atoms with Crippen LogP contribution in [0.25, 0.3) is 0 Å². The number of H-pyrrole nitrogens is 1. The van der Waals surface area contributed by atoms with Gasteiger partial charge in [0.05, 0.1) is 18.1 Å². The summed E-state index contributed by atoms with van der Waals surface area (Å²) in [6, 6.07) is 4.86. The number of aromatic nitrogens is 2. The van der Waals surface area contributed by atoms with E-state index in [9.17, 15) is 18.5 Å². The first-order valence-corrected chi connectivity index (χ1v) is 8.13. The van der Waals surface area contributed by atoms with Gasteiger partial charge in [-0.1, -0.05) is 13.8 Å². The molecule has 0 atom stereocenters. The van der Waals surface area contributed by atoms with Crippen molar-refractivity contribution >= 4 is 21.5 Å². The van der Waals surface area contributed by atoms with Crippen LogP contribution >= 0.6 is 0 Å². The highest BCUT2D eigenvalue weighted by molar-refractivity contribution is 7.92. The van der Waals surface area contributed by atoms with Crippen LogP contribution < -0.4 is 9.46 Å². The van der Waals surface area contributed by atoms with Crippen molar-refractivity contribution < 1.29 is 18.1 Å². The summed E-state index contributed by atoms with van der Waals surface area (Å²) in [6.45, 7) is 3.87. The predicted octanol–water partition coefficient (Wildman–Crippen LogP) is 2.25. The van der Waals surface area contributed by atoms with Crippen LogP contribution in [0.1, 0.15) is 25.5 Å². The molecule has 0 saturated heterocycles. The molecule has 0 amide bonds. The molecule has 2 rings (SSSR count). The number of rotatable bonds is 6. The van der Waals surface area contributed by atoms with Crippen molar-refractivity contribution in [3.8, 4) is 5.75 Å². The summed E-state index contributed by atoms with van der Waals surface area (Å²) in [7, 11) is -2.75. The van der Waals surface area contributed by atoms with Crippen LogP contribution in [0.2, 0.25) is 0 Å². The summed E-state index contributed by atoms with van der Waals surface area (Å²) >= 11 is 0. The lowest BCUT2D eigenvalue weighted by atomic mass is 10.1. The summed E-state index contributed by atoms with van der Waals surface area (Å²) in [5.41, 5.74) is 0.515. The fourth-order valence-corrected chi connectivity index (χ4v) is 3.01. The second kappa shape index (κ2) is 6.24. The van der Waals surface area contributed by atoms with Crippen molar-refractivity contribution in [1.29, 1.82) is 0 Å². The van der Waals surface area contributed by atoms with Crippen LogP contribution in [-0.2, 0) is 10.0 Å². The Morgan fingerprint density at radius 1 is 1.35 bits per heavy atom. The summed E-state index contributed by atoms with van der Waals surface area (Å²) in [4.78, 5) is 9.92. The van der Waals surface area contributed by atoms with Crippen LogP contribution in [0.15, 0.2) is 29.2 Å². The first-order chi connectivity index (χ1) is 10.7. The van der Waals surface area contributed by atoms with E-state index in [0.717, 1.165) is 23.9 Å². The van der Waals surface area contributed by atoms with E-state index in [2.05, 4.69) is 14.9 Å². The summed E-state index contributed by atoms with van der Waals surface area (Å²) in [5, 5.41) is 17.4. The fraction of sp³-hybridized carbons (Fsp3) is 0.308. The minimum atomic E-state index is -3.99. The van der Waals surface area contributed by atoms with Gasteiger partial charge < -0.3 is 4.74 Å². The molecule has 124 valence electrons. The van der Waals surface area contributed by atoms with Gasteiger partial charge in [0.1, 0.15) is 10.6 Å². The number of methoxy groups -OCH3 is 1. The zero-order valence-corrected chi connectivity index (χ0v) is 13.5. The molecule has 0 aliphatic heterocycles. The number of hydrogen-bond donors (Lipinski definition) is 2. The van der Waals surface area contributed by atoms with Gasteiger partial charge in [-0.15, -0.1) is 0 Å². The largest absolute Gasteiger partial charge is 0.495 e. The second-order valence-corrected chi connectivity index (χ2v) is 6.71. The Balaban J connectivity index is 2.36. The highest BCUT2D eigenvalue weighted by Gasteiger charge is 2.23. The molecule has 1 aromatic heterocycles. The van der Waals surface area contributed by atoms with Gasteiger partial charge in [0.25, 0.3) is 15.7 Å². The predicted molar refractivity (Wildman–Crippen MR) is 83.1 cm³/mol. The molecule has 0 spiro atoms. The summed E-state index contributed by atoms with van der Waals surface area (Å²) < 4.78 is 32.1.